The number of ether oxygens (including phenoxy) is 2. The molecule has 1 aliphatic heterocycles. The van der Waals surface area contributed by atoms with E-state index >= 15 is 0 Å². The van der Waals surface area contributed by atoms with Crippen LogP contribution in [0, 0.1) is 6.92 Å². The molecule has 0 atom stereocenters. The highest BCUT2D eigenvalue weighted by Gasteiger charge is 2.19. The summed E-state index contributed by atoms with van der Waals surface area (Å²) in [6, 6.07) is 1.74. The molecule has 0 spiro atoms. The maximum Gasteiger partial charge on any atom is 0.167 e. The summed E-state index contributed by atoms with van der Waals surface area (Å²) in [6.45, 7) is 2.66. The quantitative estimate of drug-likeness (QED) is 0.743. The van der Waals surface area contributed by atoms with E-state index in [4.69, 9.17) is 9.47 Å². The molecule has 0 saturated carbocycles. The molecule has 76 valence electrons. The Morgan fingerprint density at radius 1 is 1.50 bits per heavy atom. The smallest absolute Gasteiger partial charge is 0.167 e. The highest BCUT2D eigenvalue weighted by Crippen LogP contribution is 2.40. The van der Waals surface area contributed by atoms with E-state index in [-0.39, 0.29) is 5.75 Å². The van der Waals surface area contributed by atoms with Crippen molar-refractivity contribution >= 4 is 0 Å². The lowest BCUT2D eigenvalue weighted by Crippen LogP contribution is -2.10. The van der Waals surface area contributed by atoms with Gasteiger partial charge in [0.05, 0.1) is 13.7 Å². The van der Waals surface area contributed by atoms with Crippen LogP contribution in [0.4, 0.5) is 0 Å². The van der Waals surface area contributed by atoms with Gasteiger partial charge in [0.25, 0.3) is 0 Å². The maximum absolute atomic E-state index is 9.67. The Kier molecular flexibility index (Phi) is 2.23. The fourth-order valence-corrected chi connectivity index (χ4v) is 1.91. The van der Waals surface area contributed by atoms with Gasteiger partial charge in [-0.2, -0.15) is 0 Å². The fraction of sp³-hybridized carbons (Fsp3) is 0.455. The van der Waals surface area contributed by atoms with Crippen LogP contribution in [-0.4, -0.2) is 18.8 Å². The van der Waals surface area contributed by atoms with E-state index in [9.17, 15) is 5.11 Å². The molecule has 0 radical (unpaired) electrons. The van der Waals surface area contributed by atoms with Crippen LogP contribution in [0.2, 0.25) is 0 Å². The van der Waals surface area contributed by atoms with E-state index < -0.39 is 0 Å². The molecule has 0 amide bonds. The molecule has 0 bridgehead atoms. The predicted molar refractivity (Wildman–Crippen MR) is 53.2 cm³/mol. The zero-order valence-corrected chi connectivity index (χ0v) is 8.46. The van der Waals surface area contributed by atoms with Crippen molar-refractivity contribution in [3.05, 3.63) is 17.2 Å². The number of phenols is 1. The summed E-state index contributed by atoms with van der Waals surface area (Å²) in [5.41, 5.74) is 1.97. The molecular formula is C11H14O3. The zero-order valence-electron chi connectivity index (χ0n) is 8.46. The summed E-state index contributed by atoms with van der Waals surface area (Å²) >= 11 is 0. The summed E-state index contributed by atoms with van der Waals surface area (Å²) in [5, 5.41) is 9.67. The van der Waals surface area contributed by atoms with Crippen molar-refractivity contribution in [2.45, 2.75) is 19.8 Å². The first-order chi connectivity index (χ1) is 6.74. The number of aromatic hydroxyl groups is 1. The predicted octanol–water partition coefficient (Wildman–Crippen LogP) is 2.03. The van der Waals surface area contributed by atoms with Gasteiger partial charge in [-0.1, -0.05) is 0 Å². The minimum atomic E-state index is 0.203. The Bertz CT molecular complexity index is 358. The van der Waals surface area contributed by atoms with E-state index in [1.54, 1.807) is 13.2 Å². The highest BCUT2D eigenvalue weighted by atomic mass is 16.5. The molecule has 14 heavy (non-hydrogen) atoms. The summed E-state index contributed by atoms with van der Waals surface area (Å²) < 4.78 is 10.7. The van der Waals surface area contributed by atoms with Crippen molar-refractivity contribution in [1.82, 2.24) is 0 Å². The van der Waals surface area contributed by atoms with Crippen LogP contribution < -0.4 is 9.47 Å². The summed E-state index contributed by atoms with van der Waals surface area (Å²) in [6.07, 6.45) is 1.98. The molecule has 0 saturated heterocycles. The minimum absolute atomic E-state index is 0.203. The Balaban J connectivity index is 2.57. The Morgan fingerprint density at radius 3 is 3.00 bits per heavy atom. The summed E-state index contributed by atoms with van der Waals surface area (Å²) in [4.78, 5) is 0. The lowest BCUT2D eigenvalue weighted by molar-refractivity contribution is 0.280. The molecule has 0 fully saturated rings. The van der Waals surface area contributed by atoms with E-state index in [0.29, 0.717) is 5.75 Å². The third kappa shape index (κ3) is 1.29. The largest absolute Gasteiger partial charge is 0.504 e. The molecule has 0 aliphatic carbocycles. The molecule has 3 heteroatoms. The van der Waals surface area contributed by atoms with Crippen LogP contribution in [0.1, 0.15) is 17.5 Å². The molecule has 3 nitrogen and oxygen atoms in total. The van der Waals surface area contributed by atoms with Crippen molar-refractivity contribution in [3.8, 4) is 17.2 Å². The van der Waals surface area contributed by atoms with Crippen LogP contribution in [0.5, 0.6) is 17.2 Å². The van der Waals surface area contributed by atoms with E-state index in [2.05, 4.69) is 0 Å². The Morgan fingerprint density at radius 2 is 2.29 bits per heavy atom. The number of hydrogen-bond donors (Lipinski definition) is 1. The molecule has 1 aliphatic rings. The van der Waals surface area contributed by atoms with Crippen LogP contribution in [-0.2, 0) is 6.42 Å². The van der Waals surface area contributed by atoms with E-state index in [0.717, 1.165) is 36.3 Å². The maximum atomic E-state index is 9.67. The first-order valence-electron chi connectivity index (χ1n) is 4.76. The van der Waals surface area contributed by atoms with E-state index in [1.807, 2.05) is 6.92 Å². The van der Waals surface area contributed by atoms with Crippen LogP contribution in [0.15, 0.2) is 6.07 Å². The standard InChI is InChI=1S/C11H14O3/c1-7-10-8(4-3-5-14-10)6-9(12)11(7)13-2/h6,12H,3-5H2,1-2H3. The van der Waals surface area contributed by atoms with Gasteiger partial charge < -0.3 is 14.6 Å². The van der Waals surface area contributed by atoms with Crippen molar-refractivity contribution < 1.29 is 14.6 Å². The highest BCUT2D eigenvalue weighted by molar-refractivity contribution is 5.57. The average molecular weight is 194 g/mol. The second kappa shape index (κ2) is 3.40. The molecular weight excluding hydrogens is 180 g/mol. The molecule has 1 aromatic carbocycles. The normalized spacial score (nSPS) is 14.4. The van der Waals surface area contributed by atoms with Crippen molar-refractivity contribution in [1.29, 1.82) is 0 Å². The summed E-state index contributed by atoms with van der Waals surface area (Å²) in [5.74, 6) is 1.60. The number of rotatable bonds is 1. The van der Waals surface area contributed by atoms with Gasteiger partial charge in [-0.05, 0) is 31.4 Å². The van der Waals surface area contributed by atoms with Crippen LogP contribution >= 0.6 is 0 Å². The lowest BCUT2D eigenvalue weighted by Gasteiger charge is -2.21. The van der Waals surface area contributed by atoms with Gasteiger partial charge >= 0.3 is 0 Å². The van der Waals surface area contributed by atoms with Gasteiger partial charge in [-0.3, -0.25) is 0 Å². The second-order valence-corrected chi connectivity index (χ2v) is 3.49. The summed E-state index contributed by atoms with van der Waals surface area (Å²) in [7, 11) is 1.55. The number of phenolic OH excluding ortho intramolecular Hbond substituents is 1. The topological polar surface area (TPSA) is 38.7 Å². The monoisotopic (exact) mass is 194 g/mol. The van der Waals surface area contributed by atoms with Gasteiger partial charge in [-0.15, -0.1) is 0 Å². The van der Waals surface area contributed by atoms with Crippen molar-refractivity contribution in [3.63, 3.8) is 0 Å². The average Bonchev–Trinajstić information content (AvgIpc) is 2.18. The molecule has 1 aromatic rings. The molecule has 0 unspecified atom stereocenters. The van der Waals surface area contributed by atoms with Crippen molar-refractivity contribution in [2.75, 3.05) is 13.7 Å². The van der Waals surface area contributed by atoms with Crippen LogP contribution in [0.25, 0.3) is 0 Å². The van der Waals surface area contributed by atoms with Gasteiger partial charge in [0.2, 0.25) is 0 Å². The first kappa shape index (κ1) is 9.19. The third-order valence-electron chi connectivity index (χ3n) is 2.56. The molecule has 0 aromatic heterocycles. The fourth-order valence-electron chi connectivity index (χ4n) is 1.91. The third-order valence-corrected chi connectivity index (χ3v) is 2.56. The van der Waals surface area contributed by atoms with E-state index in [1.165, 1.54) is 0 Å². The first-order valence-corrected chi connectivity index (χ1v) is 4.76. The van der Waals surface area contributed by atoms with Crippen molar-refractivity contribution in [2.24, 2.45) is 0 Å². The number of hydrogen-bond acceptors (Lipinski definition) is 3. The number of benzene rings is 1. The Labute approximate surface area is 83.3 Å². The number of methoxy groups -OCH3 is 1. The second-order valence-electron chi connectivity index (χ2n) is 3.49. The molecule has 2 rings (SSSR count). The Hall–Kier alpha value is -1.38. The van der Waals surface area contributed by atoms with Gasteiger partial charge in [0.15, 0.2) is 11.5 Å². The molecule has 1 heterocycles. The van der Waals surface area contributed by atoms with Gasteiger partial charge in [0, 0.05) is 5.56 Å². The lowest BCUT2D eigenvalue weighted by atomic mass is 10.0. The van der Waals surface area contributed by atoms with Crippen LogP contribution in [0.3, 0.4) is 0 Å². The van der Waals surface area contributed by atoms with Gasteiger partial charge in [-0.25, -0.2) is 0 Å². The number of fused-ring (bicyclic) bond motifs is 1. The zero-order chi connectivity index (χ0) is 10.1. The van der Waals surface area contributed by atoms with Gasteiger partial charge in [0.1, 0.15) is 5.75 Å². The SMILES string of the molecule is COc1c(O)cc2c(c1C)OCCC2. The minimum Gasteiger partial charge on any atom is -0.504 e. The molecule has 1 N–H and O–H groups in total. The number of aryl methyl sites for hydroxylation is 1.